The summed E-state index contributed by atoms with van der Waals surface area (Å²) in [4.78, 5) is 24.8. The van der Waals surface area contributed by atoms with Crippen LogP contribution >= 0.6 is 11.3 Å². The highest BCUT2D eigenvalue weighted by Crippen LogP contribution is 2.22. The highest BCUT2D eigenvalue weighted by atomic mass is 32.1. The van der Waals surface area contributed by atoms with E-state index in [2.05, 4.69) is 15.5 Å². The highest BCUT2D eigenvalue weighted by Gasteiger charge is 2.38. The van der Waals surface area contributed by atoms with Gasteiger partial charge in [0.05, 0.1) is 11.6 Å². The van der Waals surface area contributed by atoms with Crippen LogP contribution in [0.3, 0.4) is 0 Å². The van der Waals surface area contributed by atoms with E-state index in [-0.39, 0.29) is 11.6 Å². The number of amides is 1. The van der Waals surface area contributed by atoms with E-state index < -0.39 is 12.1 Å². The Hall–Kier alpha value is -2.47. The third kappa shape index (κ3) is 6.89. The first-order valence-corrected chi connectivity index (χ1v) is 7.49. The maximum Gasteiger partial charge on any atom is 0.490 e. The van der Waals surface area contributed by atoms with Crippen LogP contribution in [0.15, 0.2) is 16.0 Å². The Kier molecular flexibility index (Phi) is 7.51. The Morgan fingerprint density at radius 1 is 1.44 bits per heavy atom. The molecule has 2 heterocycles. The van der Waals surface area contributed by atoms with E-state index in [0.29, 0.717) is 24.6 Å². The van der Waals surface area contributed by atoms with Gasteiger partial charge in [0.15, 0.2) is 11.5 Å². The van der Waals surface area contributed by atoms with Crippen LogP contribution in [0.2, 0.25) is 0 Å². The molecule has 0 aliphatic heterocycles. The Morgan fingerprint density at radius 3 is 2.56 bits per heavy atom. The van der Waals surface area contributed by atoms with Crippen molar-refractivity contribution in [1.29, 1.82) is 0 Å². The van der Waals surface area contributed by atoms with E-state index >= 15 is 0 Å². The number of alkyl halides is 3. The Labute approximate surface area is 143 Å². The minimum Gasteiger partial charge on any atom is -0.475 e. The van der Waals surface area contributed by atoms with Gasteiger partial charge in [0.2, 0.25) is 0 Å². The molecule has 0 fully saturated rings. The molecule has 0 bridgehead atoms. The van der Waals surface area contributed by atoms with Gasteiger partial charge in [0, 0.05) is 25.1 Å². The van der Waals surface area contributed by atoms with Crippen LogP contribution in [-0.4, -0.2) is 53.6 Å². The Balaban J connectivity index is 0.000000381. The van der Waals surface area contributed by atoms with Crippen molar-refractivity contribution in [2.45, 2.75) is 13.1 Å². The number of aliphatic carboxylic acids is 1. The number of nitrogens with one attached hydrogen (secondary N) is 1. The van der Waals surface area contributed by atoms with Crippen molar-refractivity contribution in [2.75, 3.05) is 20.3 Å². The predicted molar refractivity (Wildman–Crippen MR) is 80.2 cm³/mol. The molecule has 0 radical (unpaired) electrons. The number of nitrogens with zero attached hydrogens (tertiary/aromatic N) is 2. The summed E-state index contributed by atoms with van der Waals surface area (Å²) in [6.45, 7) is 2.80. The smallest absolute Gasteiger partial charge is 0.475 e. The van der Waals surface area contributed by atoms with Gasteiger partial charge in [-0.1, -0.05) is 5.16 Å². The summed E-state index contributed by atoms with van der Waals surface area (Å²) in [6, 6.07) is 1.58. The molecule has 2 aromatic rings. The SMILES string of the molecule is COCCNC(=O)c1cc(-c2csc(C)n2)on1.O=C(O)C(F)(F)F. The first-order chi connectivity index (χ1) is 11.6. The van der Waals surface area contributed by atoms with Crippen molar-refractivity contribution in [3.05, 3.63) is 22.1 Å². The molecule has 2 rings (SSSR count). The van der Waals surface area contributed by atoms with Gasteiger partial charge in [0.1, 0.15) is 5.69 Å². The average molecular weight is 381 g/mol. The zero-order chi connectivity index (χ0) is 19.0. The number of ether oxygens (including phenoxy) is 1. The van der Waals surface area contributed by atoms with E-state index in [1.165, 1.54) is 11.3 Å². The fraction of sp³-hybridized carbons (Fsp3) is 0.385. The largest absolute Gasteiger partial charge is 0.490 e. The van der Waals surface area contributed by atoms with Crippen molar-refractivity contribution in [2.24, 2.45) is 0 Å². The lowest BCUT2D eigenvalue weighted by Gasteiger charge is -1.99. The molecule has 2 aromatic heterocycles. The highest BCUT2D eigenvalue weighted by molar-refractivity contribution is 7.09. The lowest BCUT2D eigenvalue weighted by Crippen LogP contribution is -2.27. The van der Waals surface area contributed by atoms with Crippen LogP contribution < -0.4 is 5.32 Å². The predicted octanol–water partition coefficient (Wildman–Crippen LogP) is 2.12. The average Bonchev–Trinajstić information content (AvgIpc) is 3.15. The number of halogens is 3. The Morgan fingerprint density at radius 2 is 2.08 bits per heavy atom. The number of carboxylic acid groups (broad SMARTS) is 1. The fourth-order valence-corrected chi connectivity index (χ4v) is 1.94. The third-order valence-electron chi connectivity index (χ3n) is 2.45. The molecule has 12 heteroatoms. The minimum atomic E-state index is -5.08. The van der Waals surface area contributed by atoms with Crippen molar-refractivity contribution in [3.63, 3.8) is 0 Å². The molecule has 0 aliphatic rings. The van der Waals surface area contributed by atoms with Crippen molar-refractivity contribution in [3.8, 4) is 11.5 Å². The van der Waals surface area contributed by atoms with Crippen molar-refractivity contribution >= 4 is 23.2 Å². The standard InChI is InChI=1S/C11H13N3O3S.C2HF3O2/c1-7-13-9(6-18-7)10-5-8(14-17-10)11(15)12-3-4-16-2;3-2(4,5)1(6)7/h5-6H,3-4H2,1-2H3,(H,12,15);(H,6,7). The molecule has 1 amide bonds. The molecule has 0 saturated heterocycles. The van der Waals surface area contributed by atoms with E-state index in [1.54, 1.807) is 13.2 Å². The molecular weight excluding hydrogens is 367 g/mol. The van der Waals surface area contributed by atoms with E-state index in [4.69, 9.17) is 19.2 Å². The molecule has 2 N–H and O–H groups in total. The number of aryl methyl sites for hydroxylation is 1. The second kappa shape index (κ2) is 9.13. The number of rotatable bonds is 5. The number of carbonyl (C=O) groups excluding carboxylic acids is 1. The summed E-state index contributed by atoms with van der Waals surface area (Å²) < 4.78 is 41.7. The summed E-state index contributed by atoms with van der Waals surface area (Å²) in [6.07, 6.45) is -5.08. The second-order valence-corrected chi connectivity index (χ2v) is 5.44. The molecule has 0 atom stereocenters. The van der Waals surface area contributed by atoms with Crippen LogP contribution in [0.5, 0.6) is 0 Å². The maximum atomic E-state index is 11.7. The number of methoxy groups -OCH3 is 1. The summed E-state index contributed by atoms with van der Waals surface area (Å²) in [5.41, 5.74) is 0.938. The van der Waals surface area contributed by atoms with Crippen LogP contribution in [0.1, 0.15) is 15.5 Å². The number of hydrogen-bond acceptors (Lipinski definition) is 7. The van der Waals surface area contributed by atoms with Crippen molar-refractivity contribution < 1.29 is 37.1 Å². The first kappa shape index (κ1) is 20.6. The molecule has 0 unspecified atom stereocenters. The number of aromatic nitrogens is 2. The Bertz CT molecular complexity index is 714. The van der Waals surface area contributed by atoms with Gasteiger partial charge in [-0.25, -0.2) is 9.78 Å². The van der Waals surface area contributed by atoms with Gasteiger partial charge in [-0.3, -0.25) is 4.79 Å². The normalized spacial score (nSPS) is 10.8. The number of thiazole rings is 1. The summed E-state index contributed by atoms with van der Waals surface area (Å²) in [7, 11) is 1.57. The van der Waals surface area contributed by atoms with E-state index in [0.717, 1.165) is 5.01 Å². The summed E-state index contributed by atoms with van der Waals surface area (Å²) in [5.74, 6) is -2.54. The zero-order valence-corrected chi connectivity index (χ0v) is 13.9. The zero-order valence-electron chi connectivity index (χ0n) is 13.1. The number of carbonyl (C=O) groups is 2. The van der Waals surface area contributed by atoms with Crippen LogP contribution in [0.25, 0.3) is 11.5 Å². The fourth-order valence-electron chi connectivity index (χ4n) is 1.34. The molecule has 0 spiro atoms. The van der Waals surface area contributed by atoms with E-state index in [1.807, 2.05) is 12.3 Å². The van der Waals surface area contributed by atoms with Gasteiger partial charge >= 0.3 is 12.1 Å². The van der Waals surface area contributed by atoms with Crippen LogP contribution in [-0.2, 0) is 9.53 Å². The molecule has 25 heavy (non-hydrogen) atoms. The van der Waals surface area contributed by atoms with Gasteiger partial charge in [-0.2, -0.15) is 13.2 Å². The van der Waals surface area contributed by atoms with Gasteiger partial charge in [-0.05, 0) is 6.92 Å². The third-order valence-corrected chi connectivity index (χ3v) is 3.22. The van der Waals surface area contributed by atoms with Gasteiger partial charge < -0.3 is 19.7 Å². The minimum absolute atomic E-state index is 0.242. The monoisotopic (exact) mass is 381 g/mol. The molecular formula is C13H14F3N3O5S. The van der Waals surface area contributed by atoms with E-state index in [9.17, 15) is 18.0 Å². The molecule has 0 aliphatic carbocycles. The van der Waals surface area contributed by atoms with Gasteiger partial charge in [-0.15, -0.1) is 11.3 Å². The topological polar surface area (TPSA) is 115 Å². The summed E-state index contributed by atoms with van der Waals surface area (Å²) >= 11 is 1.52. The van der Waals surface area contributed by atoms with Crippen molar-refractivity contribution in [1.82, 2.24) is 15.5 Å². The number of carboxylic acids is 1. The quantitative estimate of drug-likeness (QED) is 0.763. The molecule has 0 saturated carbocycles. The molecule has 0 aromatic carbocycles. The second-order valence-electron chi connectivity index (χ2n) is 4.38. The molecule has 8 nitrogen and oxygen atoms in total. The maximum absolute atomic E-state index is 11.7. The lowest BCUT2D eigenvalue weighted by atomic mass is 10.3. The first-order valence-electron chi connectivity index (χ1n) is 6.61. The van der Waals surface area contributed by atoms with Crippen LogP contribution in [0, 0.1) is 6.92 Å². The van der Waals surface area contributed by atoms with Gasteiger partial charge in [0.25, 0.3) is 5.91 Å². The number of hydrogen-bond donors (Lipinski definition) is 2. The summed E-state index contributed by atoms with van der Waals surface area (Å²) in [5, 5.41) is 16.3. The lowest BCUT2D eigenvalue weighted by molar-refractivity contribution is -0.192. The molecule has 138 valence electrons. The van der Waals surface area contributed by atoms with Crippen LogP contribution in [0.4, 0.5) is 13.2 Å².